The summed E-state index contributed by atoms with van der Waals surface area (Å²) < 4.78 is 17.9. The zero-order valence-electron chi connectivity index (χ0n) is 28.5. The van der Waals surface area contributed by atoms with Gasteiger partial charge in [0.2, 0.25) is 0 Å². The summed E-state index contributed by atoms with van der Waals surface area (Å²) in [6.45, 7) is 6.49. The predicted octanol–water partition coefficient (Wildman–Crippen LogP) is 10.7. The first-order chi connectivity index (χ1) is 25.4. The number of aromatic nitrogens is 2. The maximum absolute atomic E-state index is 12.8. The lowest BCUT2D eigenvalue weighted by molar-refractivity contribution is -0.137. The van der Waals surface area contributed by atoms with E-state index in [0.717, 1.165) is 31.7 Å². The number of alkyl carbamates (subject to hydrolysis) is 1. The first kappa shape index (κ1) is 34.0. The molecule has 52 heavy (non-hydrogen) atoms. The Hall–Kier alpha value is -5.16. The Balaban J connectivity index is 1.12. The molecule has 0 aliphatic carbocycles. The minimum absolute atomic E-state index is 0.0332. The third-order valence-electron chi connectivity index (χ3n) is 9.18. The topological polar surface area (TPSA) is 82.4 Å². The Labute approximate surface area is 312 Å². The molecule has 3 aromatic heterocycles. The number of hydrogen-bond acceptors (Lipinski definition) is 8. The summed E-state index contributed by atoms with van der Waals surface area (Å²) in [5.74, 6) is 0.127. The minimum Gasteiger partial charge on any atom is -0.461 e. The monoisotopic (exact) mass is 741 g/mol. The molecule has 1 amide bonds. The summed E-state index contributed by atoms with van der Waals surface area (Å²) in [7, 11) is 0. The van der Waals surface area contributed by atoms with Crippen molar-refractivity contribution in [2.45, 2.75) is 17.8 Å². The zero-order valence-corrected chi connectivity index (χ0v) is 30.9. The molecule has 0 aliphatic rings. The number of para-hydroxylation sites is 2. The standard InChI is InChI=1S/C42H35N3O4S3/c1-3-38(46)48-22-21-43-40(47)49-25-42(2,26-50-41-44-33-15-6-9-18-37(33)52-41)24-45-34-16-7-4-11-29(34)32-23-27(19-20-35(32)45)28-13-10-14-31-30-12-5-8-17-36(30)51-39(28)31/h3-20,23H,1,21-22,24-26H2,2H3,(H,43,47). The number of thioether (sulfide) groups is 1. The molecule has 3 heterocycles. The number of nitrogens with zero attached hydrogens (tertiary/aromatic N) is 2. The summed E-state index contributed by atoms with van der Waals surface area (Å²) in [6, 6.07) is 38.7. The highest BCUT2D eigenvalue weighted by Gasteiger charge is 2.30. The van der Waals surface area contributed by atoms with E-state index < -0.39 is 17.5 Å². The fraction of sp³-hybridized carbons (Fsp3) is 0.167. The largest absolute Gasteiger partial charge is 0.461 e. The van der Waals surface area contributed by atoms with Crippen LogP contribution < -0.4 is 5.32 Å². The van der Waals surface area contributed by atoms with E-state index in [0.29, 0.717) is 12.3 Å². The second-order valence-electron chi connectivity index (χ2n) is 13.0. The predicted molar refractivity (Wildman–Crippen MR) is 217 cm³/mol. The van der Waals surface area contributed by atoms with E-state index in [4.69, 9.17) is 14.5 Å². The number of amides is 1. The van der Waals surface area contributed by atoms with E-state index in [1.807, 2.05) is 29.5 Å². The van der Waals surface area contributed by atoms with Crippen LogP contribution in [0.1, 0.15) is 6.92 Å². The van der Waals surface area contributed by atoms with Crippen molar-refractivity contribution >= 4 is 98.7 Å². The first-order valence-corrected chi connectivity index (χ1v) is 19.6. The summed E-state index contributed by atoms with van der Waals surface area (Å²) in [5, 5.41) is 7.62. The smallest absolute Gasteiger partial charge is 0.407 e. The molecule has 0 spiro atoms. The number of hydrogen-bond donors (Lipinski definition) is 1. The van der Waals surface area contributed by atoms with Crippen molar-refractivity contribution < 1.29 is 19.1 Å². The number of fused-ring (bicyclic) bond motifs is 7. The molecule has 0 radical (unpaired) electrons. The lowest BCUT2D eigenvalue weighted by Crippen LogP contribution is -2.36. The van der Waals surface area contributed by atoms with E-state index >= 15 is 0 Å². The van der Waals surface area contributed by atoms with E-state index in [9.17, 15) is 9.59 Å². The van der Waals surface area contributed by atoms with Crippen LogP contribution in [0.5, 0.6) is 0 Å². The van der Waals surface area contributed by atoms with Gasteiger partial charge in [-0.15, -0.1) is 22.7 Å². The fourth-order valence-corrected chi connectivity index (χ4v) is 10.1. The van der Waals surface area contributed by atoms with Crippen LogP contribution in [-0.2, 0) is 20.8 Å². The van der Waals surface area contributed by atoms with Gasteiger partial charge in [0, 0.05) is 65.8 Å². The van der Waals surface area contributed by atoms with Gasteiger partial charge in [0.1, 0.15) is 13.2 Å². The van der Waals surface area contributed by atoms with Gasteiger partial charge in [0.25, 0.3) is 0 Å². The SMILES string of the molecule is C=CC(=O)OCCNC(=O)OCC(C)(CSc1nc2ccccc2s1)Cn1c2ccccc2c2cc(-c3cccc4c3sc3ccccc34)ccc21. The molecule has 1 atom stereocenters. The Morgan fingerprint density at radius 1 is 0.846 bits per heavy atom. The molecular weight excluding hydrogens is 707 g/mol. The van der Waals surface area contributed by atoms with Crippen LogP contribution in [0.4, 0.5) is 4.79 Å². The van der Waals surface area contributed by atoms with Crippen LogP contribution in [0.15, 0.2) is 126 Å². The first-order valence-electron chi connectivity index (χ1n) is 17.0. The lowest BCUT2D eigenvalue weighted by atomic mass is 9.94. The Morgan fingerprint density at radius 2 is 1.60 bits per heavy atom. The second kappa shape index (κ2) is 14.5. The van der Waals surface area contributed by atoms with Gasteiger partial charge < -0.3 is 19.4 Å². The second-order valence-corrected chi connectivity index (χ2v) is 16.3. The molecule has 1 N–H and O–H groups in total. The average Bonchev–Trinajstić information content (AvgIpc) is 3.86. The molecule has 7 nitrogen and oxygen atoms in total. The van der Waals surface area contributed by atoms with Gasteiger partial charge in [0.15, 0.2) is 4.34 Å². The van der Waals surface area contributed by atoms with Crippen molar-refractivity contribution in [1.82, 2.24) is 14.9 Å². The normalized spacial score (nSPS) is 12.8. The van der Waals surface area contributed by atoms with Gasteiger partial charge in [-0.25, -0.2) is 14.6 Å². The number of ether oxygens (including phenoxy) is 2. The highest BCUT2D eigenvalue weighted by molar-refractivity contribution is 8.01. The van der Waals surface area contributed by atoms with Crippen LogP contribution in [0.3, 0.4) is 0 Å². The Kier molecular flexibility index (Phi) is 9.44. The third kappa shape index (κ3) is 6.77. The highest BCUT2D eigenvalue weighted by atomic mass is 32.2. The van der Waals surface area contributed by atoms with Crippen molar-refractivity contribution in [3.05, 3.63) is 122 Å². The number of carbonyl (C=O) groups is 2. The Morgan fingerprint density at radius 3 is 2.44 bits per heavy atom. The van der Waals surface area contributed by atoms with Crippen LogP contribution in [0.25, 0.3) is 63.3 Å². The molecule has 0 bridgehead atoms. The molecule has 0 saturated carbocycles. The number of nitrogens with one attached hydrogen (secondary N) is 1. The maximum atomic E-state index is 12.8. The van der Waals surface area contributed by atoms with Gasteiger partial charge in [-0.05, 0) is 47.5 Å². The Bertz CT molecular complexity index is 2590. The van der Waals surface area contributed by atoms with Crippen molar-refractivity contribution in [2.75, 3.05) is 25.5 Å². The number of thiophene rings is 1. The van der Waals surface area contributed by atoms with Crippen molar-refractivity contribution in [3.8, 4) is 11.1 Å². The van der Waals surface area contributed by atoms with Gasteiger partial charge >= 0.3 is 12.1 Å². The van der Waals surface area contributed by atoms with Crippen LogP contribution in [-0.4, -0.2) is 47.1 Å². The summed E-state index contributed by atoms with van der Waals surface area (Å²) in [5.41, 5.74) is 5.16. The molecule has 0 saturated heterocycles. The third-order valence-corrected chi connectivity index (χ3v) is 13.0. The quantitative estimate of drug-likeness (QED) is 0.0581. The molecular formula is C42H35N3O4S3. The molecule has 10 heteroatoms. The number of rotatable bonds is 12. The molecule has 5 aromatic carbocycles. The fourth-order valence-electron chi connectivity index (χ4n) is 6.68. The molecule has 8 aromatic rings. The number of benzene rings is 5. The maximum Gasteiger partial charge on any atom is 0.407 e. The summed E-state index contributed by atoms with van der Waals surface area (Å²) in [6.07, 6.45) is 0.529. The van der Waals surface area contributed by atoms with Gasteiger partial charge in [-0.1, -0.05) is 98.1 Å². The van der Waals surface area contributed by atoms with Crippen molar-refractivity contribution in [3.63, 3.8) is 0 Å². The zero-order chi connectivity index (χ0) is 35.7. The minimum atomic E-state index is -0.562. The average molecular weight is 742 g/mol. The molecule has 1 unspecified atom stereocenters. The highest BCUT2D eigenvalue weighted by Crippen LogP contribution is 2.42. The number of thiazole rings is 1. The van der Waals surface area contributed by atoms with Crippen molar-refractivity contribution in [2.24, 2.45) is 5.41 Å². The lowest BCUT2D eigenvalue weighted by Gasteiger charge is -2.30. The van der Waals surface area contributed by atoms with E-state index in [2.05, 4.69) is 114 Å². The molecule has 260 valence electrons. The number of carbonyl (C=O) groups excluding carboxylic acids is 2. The van der Waals surface area contributed by atoms with E-state index in [1.54, 1.807) is 23.1 Å². The van der Waals surface area contributed by atoms with E-state index in [-0.39, 0.29) is 19.8 Å². The van der Waals surface area contributed by atoms with Gasteiger partial charge in [0.05, 0.1) is 16.8 Å². The van der Waals surface area contributed by atoms with Gasteiger partial charge in [-0.2, -0.15) is 0 Å². The number of esters is 1. The van der Waals surface area contributed by atoms with Gasteiger partial charge in [-0.3, -0.25) is 0 Å². The molecule has 0 fully saturated rings. The van der Waals surface area contributed by atoms with E-state index in [1.165, 1.54) is 42.1 Å². The van der Waals surface area contributed by atoms with Crippen molar-refractivity contribution in [1.29, 1.82) is 0 Å². The summed E-state index contributed by atoms with van der Waals surface area (Å²) >= 11 is 5.20. The summed E-state index contributed by atoms with van der Waals surface area (Å²) in [4.78, 5) is 29.1. The molecule has 8 rings (SSSR count). The van der Waals surface area contributed by atoms with Crippen LogP contribution in [0.2, 0.25) is 0 Å². The molecule has 0 aliphatic heterocycles. The van der Waals surface area contributed by atoms with Crippen LogP contribution in [0, 0.1) is 5.41 Å². The van der Waals surface area contributed by atoms with Crippen LogP contribution >= 0.6 is 34.4 Å².